The Kier molecular flexibility index (Phi) is 4.83. The molecule has 0 aliphatic carbocycles. The van der Waals surface area contributed by atoms with Crippen LogP contribution in [-0.4, -0.2) is 42.7 Å². The molecule has 0 radical (unpaired) electrons. The van der Waals surface area contributed by atoms with E-state index in [-0.39, 0.29) is 0 Å². The normalized spacial score (nSPS) is 18.2. The minimum atomic E-state index is 0.790. The van der Waals surface area contributed by atoms with Crippen molar-refractivity contribution in [3.8, 4) is 5.75 Å². The number of hydrogen-bond acceptors (Lipinski definition) is 4. The quantitative estimate of drug-likeness (QED) is 0.847. The Morgan fingerprint density at radius 3 is 2.96 bits per heavy atom. The lowest BCUT2D eigenvalue weighted by Crippen LogP contribution is -2.31. The Bertz CT molecular complexity index is 695. The summed E-state index contributed by atoms with van der Waals surface area (Å²) >= 11 is 0. The fourth-order valence-corrected chi connectivity index (χ4v) is 3.85. The second-order valence-electron chi connectivity index (χ2n) is 6.97. The molecule has 0 bridgehead atoms. The molecule has 2 aromatic rings. The van der Waals surface area contributed by atoms with Crippen LogP contribution in [0.1, 0.15) is 37.7 Å². The summed E-state index contributed by atoms with van der Waals surface area (Å²) in [5, 5.41) is 4.74. The van der Waals surface area contributed by atoms with Gasteiger partial charge in [-0.15, -0.1) is 0 Å². The van der Waals surface area contributed by atoms with E-state index < -0.39 is 0 Å². The lowest BCUT2D eigenvalue weighted by Gasteiger charge is -2.26. The van der Waals surface area contributed by atoms with Crippen molar-refractivity contribution >= 4 is 16.6 Å². The van der Waals surface area contributed by atoms with Gasteiger partial charge in [0, 0.05) is 30.4 Å². The molecule has 0 amide bonds. The molecule has 1 fully saturated rings. The Balaban J connectivity index is 1.39. The summed E-state index contributed by atoms with van der Waals surface area (Å²) in [6, 6.07) is 6.28. The van der Waals surface area contributed by atoms with Crippen LogP contribution in [0.5, 0.6) is 5.75 Å². The second-order valence-corrected chi connectivity index (χ2v) is 6.97. The molecule has 24 heavy (non-hydrogen) atoms. The summed E-state index contributed by atoms with van der Waals surface area (Å²) in [4.78, 5) is 7.16. The number of fused-ring (bicyclic) bond motifs is 3. The maximum Gasteiger partial charge on any atom is 0.120 e. The number of likely N-dealkylation sites (tertiary alicyclic amines) is 1. The summed E-state index contributed by atoms with van der Waals surface area (Å²) in [6.07, 6.45) is 9.53. The van der Waals surface area contributed by atoms with Gasteiger partial charge in [0.1, 0.15) is 5.75 Å². The van der Waals surface area contributed by atoms with E-state index in [1.54, 1.807) is 0 Å². The summed E-state index contributed by atoms with van der Waals surface area (Å²) in [6.45, 7) is 5.52. The maximum atomic E-state index is 6.01. The molecule has 1 saturated heterocycles. The first-order chi connectivity index (χ1) is 11.9. The molecular formula is C20H27N3O. The molecule has 0 spiro atoms. The zero-order valence-electron chi connectivity index (χ0n) is 14.4. The van der Waals surface area contributed by atoms with Gasteiger partial charge in [-0.3, -0.25) is 4.98 Å². The van der Waals surface area contributed by atoms with Crippen LogP contribution in [-0.2, 0) is 6.42 Å². The monoisotopic (exact) mass is 325 g/mol. The molecule has 2 aliphatic heterocycles. The van der Waals surface area contributed by atoms with E-state index in [4.69, 9.17) is 4.74 Å². The van der Waals surface area contributed by atoms with Crippen molar-refractivity contribution in [1.82, 2.24) is 9.88 Å². The van der Waals surface area contributed by atoms with Gasteiger partial charge in [0.15, 0.2) is 0 Å². The highest BCUT2D eigenvalue weighted by molar-refractivity contribution is 5.94. The van der Waals surface area contributed by atoms with Gasteiger partial charge in [-0.1, -0.05) is 6.42 Å². The number of piperidine rings is 1. The number of ether oxygens (including phenoxy) is 1. The third kappa shape index (κ3) is 3.48. The van der Waals surface area contributed by atoms with Crippen LogP contribution in [0.2, 0.25) is 0 Å². The first-order valence-electron chi connectivity index (χ1n) is 9.41. The fourth-order valence-electron chi connectivity index (χ4n) is 3.85. The lowest BCUT2D eigenvalue weighted by molar-refractivity contribution is 0.205. The van der Waals surface area contributed by atoms with Crippen molar-refractivity contribution < 1.29 is 4.74 Å². The average Bonchev–Trinajstić information content (AvgIpc) is 2.66. The second kappa shape index (κ2) is 7.39. The number of rotatable bonds is 5. The molecule has 2 aliphatic rings. The first-order valence-corrected chi connectivity index (χ1v) is 9.41. The van der Waals surface area contributed by atoms with Gasteiger partial charge in [-0.05, 0) is 69.0 Å². The van der Waals surface area contributed by atoms with E-state index >= 15 is 0 Å². The molecule has 1 aromatic heterocycles. The number of nitrogens with zero attached hydrogens (tertiary/aromatic N) is 2. The molecule has 1 N–H and O–H groups in total. The van der Waals surface area contributed by atoms with E-state index in [0.29, 0.717) is 0 Å². The first kappa shape index (κ1) is 15.7. The number of aryl methyl sites for hydroxylation is 1. The lowest BCUT2D eigenvalue weighted by atomic mass is 10.0. The maximum absolute atomic E-state index is 6.01. The molecule has 128 valence electrons. The molecule has 0 saturated carbocycles. The van der Waals surface area contributed by atoms with Crippen molar-refractivity contribution in [2.45, 2.75) is 38.5 Å². The van der Waals surface area contributed by atoms with Crippen LogP contribution in [0.4, 0.5) is 5.69 Å². The van der Waals surface area contributed by atoms with Crippen molar-refractivity contribution in [2.75, 3.05) is 38.1 Å². The van der Waals surface area contributed by atoms with Crippen LogP contribution in [0, 0.1) is 0 Å². The third-order valence-electron chi connectivity index (χ3n) is 5.18. The Morgan fingerprint density at radius 2 is 2.04 bits per heavy atom. The van der Waals surface area contributed by atoms with Gasteiger partial charge in [0.05, 0.1) is 12.1 Å². The Hall–Kier alpha value is -1.81. The van der Waals surface area contributed by atoms with Crippen LogP contribution in [0.25, 0.3) is 10.9 Å². The summed E-state index contributed by atoms with van der Waals surface area (Å²) in [7, 11) is 0. The fraction of sp³-hybridized carbons (Fsp3) is 0.550. The smallest absolute Gasteiger partial charge is 0.120 e. The molecular weight excluding hydrogens is 298 g/mol. The topological polar surface area (TPSA) is 37.4 Å². The van der Waals surface area contributed by atoms with Gasteiger partial charge in [0.25, 0.3) is 0 Å². The zero-order chi connectivity index (χ0) is 16.2. The number of hydrogen-bond donors (Lipinski definition) is 1. The van der Waals surface area contributed by atoms with Crippen molar-refractivity contribution in [3.05, 3.63) is 30.0 Å². The zero-order valence-corrected chi connectivity index (χ0v) is 14.4. The van der Waals surface area contributed by atoms with Gasteiger partial charge in [-0.2, -0.15) is 0 Å². The minimum absolute atomic E-state index is 0.790. The molecule has 4 nitrogen and oxygen atoms in total. The van der Waals surface area contributed by atoms with Gasteiger partial charge >= 0.3 is 0 Å². The third-order valence-corrected chi connectivity index (χ3v) is 5.18. The van der Waals surface area contributed by atoms with Crippen molar-refractivity contribution in [2.24, 2.45) is 0 Å². The molecule has 4 rings (SSSR count). The summed E-state index contributed by atoms with van der Waals surface area (Å²) in [5.41, 5.74) is 3.63. The van der Waals surface area contributed by atoms with Crippen LogP contribution in [0.3, 0.4) is 0 Å². The van der Waals surface area contributed by atoms with E-state index in [9.17, 15) is 0 Å². The standard InChI is InChI=1S/C20H27N3O/c1-2-10-23(11-3-1)12-5-13-24-17-7-8-19-18(14-17)20-16(15-22-19)6-4-9-21-20/h7-8,14-15,21H,1-6,9-13H2. The Labute approximate surface area is 144 Å². The van der Waals surface area contributed by atoms with Crippen LogP contribution in [0.15, 0.2) is 24.4 Å². The van der Waals surface area contributed by atoms with Crippen molar-refractivity contribution in [3.63, 3.8) is 0 Å². The van der Waals surface area contributed by atoms with Gasteiger partial charge in [-0.25, -0.2) is 0 Å². The highest BCUT2D eigenvalue weighted by Crippen LogP contribution is 2.31. The predicted molar refractivity (Wildman–Crippen MR) is 99.0 cm³/mol. The van der Waals surface area contributed by atoms with Crippen molar-refractivity contribution in [1.29, 1.82) is 0 Å². The minimum Gasteiger partial charge on any atom is -0.494 e. The molecule has 3 heterocycles. The number of benzene rings is 1. The summed E-state index contributed by atoms with van der Waals surface area (Å²) < 4.78 is 6.01. The Morgan fingerprint density at radius 1 is 1.12 bits per heavy atom. The van der Waals surface area contributed by atoms with Crippen LogP contribution < -0.4 is 10.1 Å². The largest absolute Gasteiger partial charge is 0.494 e. The number of pyridine rings is 1. The average molecular weight is 325 g/mol. The SMILES string of the molecule is c1cc2ncc3c(c2cc1OCCCN1CCCCC1)NCCC3. The molecule has 1 aromatic carbocycles. The van der Waals surface area contributed by atoms with E-state index in [1.807, 2.05) is 12.3 Å². The summed E-state index contributed by atoms with van der Waals surface area (Å²) in [5.74, 6) is 0.962. The molecule has 0 atom stereocenters. The van der Waals surface area contributed by atoms with Crippen LogP contribution >= 0.6 is 0 Å². The highest BCUT2D eigenvalue weighted by Gasteiger charge is 2.13. The number of aromatic nitrogens is 1. The predicted octanol–water partition coefficient (Wildman–Crippen LogP) is 3.85. The number of anilines is 1. The van der Waals surface area contributed by atoms with E-state index in [0.717, 1.165) is 43.8 Å². The molecule has 4 heteroatoms. The van der Waals surface area contributed by atoms with E-state index in [1.165, 1.54) is 55.4 Å². The number of nitrogens with one attached hydrogen (secondary N) is 1. The highest BCUT2D eigenvalue weighted by atomic mass is 16.5. The molecule has 0 unspecified atom stereocenters. The van der Waals surface area contributed by atoms with Gasteiger partial charge < -0.3 is 15.0 Å². The van der Waals surface area contributed by atoms with E-state index in [2.05, 4.69) is 27.3 Å². The van der Waals surface area contributed by atoms with Gasteiger partial charge in [0.2, 0.25) is 0 Å².